The van der Waals surface area contributed by atoms with Gasteiger partial charge in [-0.25, -0.2) is 4.79 Å². The molecule has 1 N–H and O–H groups in total. The second kappa shape index (κ2) is 4.17. The Bertz CT molecular complexity index is 424. The molecule has 0 aromatic rings. The SMILES string of the molecule is C=C1[C@@H]2C[C@](O)(C[C@H]1O[Si](C)(C)C(C)(C)C)C(=O)O2. The Balaban J connectivity index is 2.19. The molecule has 1 aliphatic carbocycles. The molecule has 2 fully saturated rings. The van der Waals surface area contributed by atoms with Crippen molar-refractivity contribution < 1.29 is 19.1 Å². The number of esters is 1. The highest BCUT2D eigenvalue weighted by molar-refractivity contribution is 6.74. The number of carbonyl (C=O) groups is 1. The molecule has 3 atom stereocenters. The Morgan fingerprint density at radius 2 is 2.00 bits per heavy atom. The normalized spacial score (nSPS) is 35.5. The lowest BCUT2D eigenvalue weighted by Crippen LogP contribution is -2.50. The van der Waals surface area contributed by atoms with E-state index < -0.39 is 19.9 Å². The molecule has 0 amide bonds. The van der Waals surface area contributed by atoms with Crippen LogP contribution in [0.2, 0.25) is 18.1 Å². The molecule has 2 aliphatic rings. The summed E-state index contributed by atoms with van der Waals surface area (Å²) in [6, 6.07) is 0. The van der Waals surface area contributed by atoms with E-state index in [2.05, 4.69) is 40.4 Å². The highest BCUT2D eigenvalue weighted by atomic mass is 28.4. The van der Waals surface area contributed by atoms with Gasteiger partial charge in [-0.15, -0.1) is 0 Å². The zero-order chi connectivity index (χ0) is 14.6. The molecule has 0 aromatic carbocycles. The molecule has 1 aliphatic heterocycles. The molecule has 1 saturated heterocycles. The Kier molecular flexibility index (Phi) is 3.24. The second-order valence-corrected chi connectivity index (χ2v) is 12.0. The van der Waals surface area contributed by atoms with Crippen molar-refractivity contribution in [1.29, 1.82) is 0 Å². The van der Waals surface area contributed by atoms with Crippen LogP contribution in [-0.2, 0) is 14.0 Å². The van der Waals surface area contributed by atoms with E-state index in [0.717, 1.165) is 5.57 Å². The minimum Gasteiger partial charge on any atom is -0.455 e. The third-order valence-corrected chi connectivity index (χ3v) is 9.23. The summed E-state index contributed by atoms with van der Waals surface area (Å²) in [5.41, 5.74) is -0.584. The zero-order valence-electron chi connectivity index (χ0n) is 12.4. The van der Waals surface area contributed by atoms with Gasteiger partial charge in [0.2, 0.25) is 0 Å². The van der Waals surface area contributed by atoms with Crippen LogP contribution in [0.15, 0.2) is 12.2 Å². The summed E-state index contributed by atoms with van der Waals surface area (Å²) in [5.74, 6) is -0.528. The van der Waals surface area contributed by atoms with Crippen LogP contribution < -0.4 is 0 Å². The van der Waals surface area contributed by atoms with E-state index in [1.807, 2.05) is 0 Å². The van der Waals surface area contributed by atoms with Gasteiger partial charge < -0.3 is 14.3 Å². The van der Waals surface area contributed by atoms with E-state index in [1.165, 1.54) is 0 Å². The van der Waals surface area contributed by atoms with E-state index in [1.54, 1.807) is 0 Å². The first-order valence-electron chi connectivity index (χ1n) is 6.76. The summed E-state index contributed by atoms with van der Waals surface area (Å²) in [6.07, 6.45) is -0.0764. The average molecular weight is 284 g/mol. The van der Waals surface area contributed by atoms with E-state index in [0.29, 0.717) is 6.42 Å². The van der Waals surface area contributed by atoms with Crippen LogP contribution in [0.4, 0.5) is 0 Å². The van der Waals surface area contributed by atoms with Crippen LogP contribution in [0.1, 0.15) is 33.6 Å². The molecule has 2 rings (SSSR count). The van der Waals surface area contributed by atoms with Crippen LogP contribution in [0.5, 0.6) is 0 Å². The van der Waals surface area contributed by atoms with Gasteiger partial charge in [0.15, 0.2) is 13.9 Å². The molecule has 0 spiro atoms. The maximum Gasteiger partial charge on any atom is 0.338 e. The van der Waals surface area contributed by atoms with Gasteiger partial charge in [-0.05, 0) is 23.7 Å². The van der Waals surface area contributed by atoms with Crippen molar-refractivity contribution in [1.82, 2.24) is 0 Å². The number of fused-ring (bicyclic) bond motifs is 2. The Hall–Kier alpha value is -0.653. The van der Waals surface area contributed by atoms with Crippen molar-refractivity contribution >= 4 is 14.3 Å². The summed E-state index contributed by atoms with van der Waals surface area (Å²) in [7, 11) is -1.96. The molecular formula is C14H24O4Si. The second-order valence-electron chi connectivity index (χ2n) is 7.28. The summed E-state index contributed by atoms with van der Waals surface area (Å²) < 4.78 is 11.5. The van der Waals surface area contributed by atoms with Crippen molar-refractivity contribution in [3.8, 4) is 0 Å². The smallest absolute Gasteiger partial charge is 0.338 e. The van der Waals surface area contributed by atoms with Crippen molar-refractivity contribution in [2.45, 2.75) is 69.6 Å². The average Bonchev–Trinajstić information content (AvgIpc) is 2.46. The number of carbonyl (C=O) groups excluding carboxylic acids is 1. The molecule has 0 unspecified atom stereocenters. The van der Waals surface area contributed by atoms with Crippen molar-refractivity contribution in [3.63, 3.8) is 0 Å². The van der Waals surface area contributed by atoms with Crippen LogP contribution in [-0.4, -0.2) is 37.2 Å². The van der Waals surface area contributed by atoms with Gasteiger partial charge in [0, 0.05) is 12.8 Å². The van der Waals surface area contributed by atoms with Gasteiger partial charge in [-0.1, -0.05) is 27.4 Å². The Morgan fingerprint density at radius 3 is 2.53 bits per heavy atom. The number of ether oxygens (including phenoxy) is 1. The zero-order valence-corrected chi connectivity index (χ0v) is 13.4. The van der Waals surface area contributed by atoms with Crippen molar-refractivity contribution in [2.24, 2.45) is 0 Å². The van der Waals surface area contributed by atoms with E-state index >= 15 is 0 Å². The number of aliphatic hydroxyl groups is 1. The topological polar surface area (TPSA) is 55.8 Å². The summed E-state index contributed by atoms with van der Waals surface area (Å²) in [6.45, 7) is 14.8. The monoisotopic (exact) mass is 284 g/mol. The minimum atomic E-state index is -1.96. The van der Waals surface area contributed by atoms with Crippen LogP contribution in [0.3, 0.4) is 0 Å². The third-order valence-electron chi connectivity index (χ3n) is 4.75. The number of rotatable bonds is 2. The molecule has 0 radical (unpaired) electrons. The largest absolute Gasteiger partial charge is 0.455 e. The molecule has 4 nitrogen and oxygen atoms in total. The first-order chi connectivity index (χ1) is 8.46. The van der Waals surface area contributed by atoms with Gasteiger partial charge in [-0.3, -0.25) is 0 Å². The molecule has 1 heterocycles. The fraction of sp³-hybridized carbons (Fsp3) is 0.786. The molecule has 2 bridgehead atoms. The predicted octanol–water partition coefficient (Wildman–Crippen LogP) is 2.38. The lowest BCUT2D eigenvalue weighted by Gasteiger charge is -2.42. The van der Waals surface area contributed by atoms with Crippen LogP contribution >= 0.6 is 0 Å². The highest BCUT2D eigenvalue weighted by Gasteiger charge is 2.56. The van der Waals surface area contributed by atoms with Gasteiger partial charge in [-0.2, -0.15) is 0 Å². The highest BCUT2D eigenvalue weighted by Crippen LogP contribution is 2.45. The molecule has 19 heavy (non-hydrogen) atoms. The van der Waals surface area contributed by atoms with Gasteiger partial charge in [0.1, 0.15) is 6.10 Å². The van der Waals surface area contributed by atoms with E-state index in [-0.39, 0.29) is 23.7 Å². The maximum atomic E-state index is 11.7. The maximum absolute atomic E-state index is 11.7. The molecule has 0 aromatic heterocycles. The van der Waals surface area contributed by atoms with Crippen LogP contribution in [0, 0.1) is 0 Å². The first kappa shape index (κ1) is 14.7. The minimum absolute atomic E-state index is 0.0806. The molecule has 1 saturated carbocycles. The predicted molar refractivity (Wildman–Crippen MR) is 75.3 cm³/mol. The number of hydrogen-bond donors (Lipinski definition) is 1. The van der Waals surface area contributed by atoms with Crippen molar-refractivity contribution in [3.05, 3.63) is 12.2 Å². The summed E-state index contributed by atoms with van der Waals surface area (Å²) >= 11 is 0. The Morgan fingerprint density at radius 1 is 1.42 bits per heavy atom. The fourth-order valence-electron chi connectivity index (χ4n) is 2.34. The Labute approximate surface area is 115 Å². The summed E-state index contributed by atoms with van der Waals surface area (Å²) in [5, 5.41) is 10.4. The third kappa shape index (κ3) is 2.39. The van der Waals surface area contributed by atoms with Crippen molar-refractivity contribution in [2.75, 3.05) is 0 Å². The lowest BCUT2D eigenvalue weighted by molar-refractivity contribution is -0.154. The van der Waals surface area contributed by atoms with Crippen LogP contribution in [0.25, 0.3) is 0 Å². The fourth-order valence-corrected chi connectivity index (χ4v) is 3.64. The van der Waals surface area contributed by atoms with E-state index in [9.17, 15) is 9.90 Å². The molecule has 5 heteroatoms. The standard InChI is InChI=1S/C14H24O4Si/c1-9-10-7-14(16,12(15)17-10)8-11(9)18-19(5,6)13(2,3)4/h10-11,16H,1,7-8H2,2-6H3/t10-,11+,14-/m0/s1. The van der Waals surface area contributed by atoms with Gasteiger partial charge >= 0.3 is 5.97 Å². The van der Waals surface area contributed by atoms with Gasteiger partial charge in [0.25, 0.3) is 0 Å². The molecular weight excluding hydrogens is 260 g/mol. The quantitative estimate of drug-likeness (QED) is 0.480. The summed E-state index contributed by atoms with van der Waals surface area (Å²) in [4.78, 5) is 11.7. The first-order valence-corrected chi connectivity index (χ1v) is 9.67. The number of hydrogen-bond acceptors (Lipinski definition) is 4. The molecule has 108 valence electrons. The van der Waals surface area contributed by atoms with E-state index in [4.69, 9.17) is 9.16 Å². The lowest BCUT2D eigenvalue weighted by atomic mass is 9.81. The van der Waals surface area contributed by atoms with Gasteiger partial charge in [0.05, 0.1) is 6.10 Å².